The third-order valence-corrected chi connectivity index (χ3v) is 10.1. The molecule has 0 aliphatic carbocycles. The summed E-state index contributed by atoms with van der Waals surface area (Å²) < 4.78 is 18.0. The molecule has 0 amide bonds. The van der Waals surface area contributed by atoms with E-state index in [1.807, 2.05) is 79.7 Å². The minimum atomic E-state index is -1.92. The zero-order valence-electron chi connectivity index (χ0n) is 31.1. The summed E-state index contributed by atoms with van der Waals surface area (Å²) in [4.78, 5) is 36.8. The van der Waals surface area contributed by atoms with Crippen LogP contribution in [0.25, 0.3) is 0 Å². The van der Waals surface area contributed by atoms with Crippen molar-refractivity contribution in [2.24, 2.45) is 41.4 Å². The van der Waals surface area contributed by atoms with Crippen LogP contribution in [0.4, 0.5) is 0 Å². The molecule has 2 aliphatic rings. The highest BCUT2D eigenvalue weighted by Gasteiger charge is 2.52. The van der Waals surface area contributed by atoms with Crippen LogP contribution in [0.15, 0.2) is 59.3 Å². The van der Waals surface area contributed by atoms with Gasteiger partial charge in [-0.2, -0.15) is 0 Å². The average Bonchev–Trinajstić information content (AvgIpc) is 3.01. The lowest BCUT2D eigenvalue weighted by molar-refractivity contribution is -0.329. The molecular weight excluding hydrogens is 628 g/mol. The van der Waals surface area contributed by atoms with Gasteiger partial charge in [-0.05, 0) is 45.1 Å². The van der Waals surface area contributed by atoms with E-state index in [2.05, 4.69) is 0 Å². The molecule has 12 unspecified atom stereocenters. The Morgan fingerprint density at radius 3 is 2.24 bits per heavy atom. The maximum Gasteiger partial charge on any atom is 0.334 e. The standard InChI is InChI=1S/C39H60O10/c1-21(2)36-28(9)31(47-33(42)16-15-32(40)41)20-39(46,49-36)30(11)35(44)29(10)37-24(5)14-12-13-22(3)17-25(6)34(43)26(7)18-23(4)19-27(8)38(45)48-37/h12-16,18-19,21,24-26,28-31,34-37,43-44,46H,17,20H2,1-11H3,(H,40,41). The molecule has 0 saturated carbocycles. The molecule has 0 spiro atoms. The van der Waals surface area contributed by atoms with Crippen LogP contribution in [-0.2, 0) is 28.6 Å². The fourth-order valence-corrected chi connectivity index (χ4v) is 7.10. The summed E-state index contributed by atoms with van der Waals surface area (Å²) in [6.07, 6.45) is 7.59. The largest absolute Gasteiger partial charge is 0.478 e. The van der Waals surface area contributed by atoms with Gasteiger partial charge in [0.15, 0.2) is 5.79 Å². The van der Waals surface area contributed by atoms with Crippen molar-refractivity contribution in [1.29, 1.82) is 0 Å². The van der Waals surface area contributed by atoms with Gasteiger partial charge in [0.1, 0.15) is 12.2 Å². The number of hydrogen-bond donors (Lipinski definition) is 4. The second kappa shape index (κ2) is 18.3. The van der Waals surface area contributed by atoms with Gasteiger partial charge in [0, 0.05) is 53.7 Å². The molecular formula is C39H60O10. The Morgan fingerprint density at radius 2 is 1.65 bits per heavy atom. The summed E-state index contributed by atoms with van der Waals surface area (Å²) in [5, 5.41) is 43.6. The van der Waals surface area contributed by atoms with Crippen LogP contribution < -0.4 is 0 Å². The number of aliphatic hydroxyl groups is 3. The van der Waals surface area contributed by atoms with Crippen molar-refractivity contribution >= 4 is 17.9 Å². The predicted octanol–water partition coefficient (Wildman–Crippen LogP) is 5.92. The summed E-state index contributed by atoms with van der Waals surface area (Å²) in [7, 11) is 0. The van der Waals surface area contributed by atoms with E-state index in [1.54, 1.807) is 26.8 Å². The zero-order chi connectivity index (χ0) is 37.4. The first-order chi connectivity index (χ1) is 22.7. The van der Waals surface area contributed by atoms with Crippen LogP contribution in [0.2, 0.25) is 0 Å². The number of hydrogen-bond acceptors (Lipinski definition) is 9. The molecule has 1 saturated heterocycles. The number of allylic oxidation sites excluding steroid dienone is 5. The molecule has 0 aromatic carbocycles. The van der Waals surface area contributed by atoms with Crippen molar-refractivity contribution in [3.8, 4) is 0 Å². The molecule has 2 heterocycles. The molecule has 10 nitrogen and oxygen atoms in total. The fourth-order valence-electron chi connectivity index (χ4n) is 7.10. The van der Waals surface area contributed by atoms with E-state index in [4.69, 9.17) is 19.3 Å². The molecule has 10 heteroatoms. The van der Waals surface area contributed by atoms with Gasteiger partial charge in [-0.3, -0.25) is 0 Å². The molecule has 2 aliphatic heterocycles. The minimum absolute atomic E-state index is 0.0175. The summed E-state index contributed by atoms with van der Waals surface area (Å²) in [5.74, 6) is -7.09. The molecule has 49 heavy (non-hydrogen) atoms. The van der Waals surface area contributed by atoms with E-state index < -0.39 is 66.1 Å². The first kappa shape index (κ1) is 42.1. The zero-order valence-corrected chi connectivity index (χ0v) is 31.1. The molecule has 4 N–H and O–H groups in total. The lowest BCUT2D eigenvalue weighted by Crippen LogP contribution is -2.59. The van der Waals surface area contributed by atoms with E-state index in [9.17, 15) is 29.7 Å². The molecule has 2 rings (SSSR count). The topological polar surface area (TPSA) is 160 Å². The molecule has 276 valence electrons. The van der Waals surface area contributed by atoms with Crippen LogP contribution in [0.3, 0.4) is 0 Å². The summed E-state index contributed by atoms with van der Waals surface area (Å²) in [6, 6.07) is 0. The van der Waals surface area contributed by atoms with Crippen LogP contribution in [0.5, 0.6) is 0 Å². The third-order valence-electron chi connectivity index (χ3n) is 10.1. The third kappa shape index (κ3) is 11.8. The Balaban J connectivity index is 2.47. The lowest BCUT2D eigenvalue weighted by atomic mass is 9.75. The highest BCUT2D eigenvalue weighted by Crippen LogP contribution is 2.42. The van der Waals surface area contributed by atoms with Crippen molar-refractivity contribution in [2.45, 2.75) is 125 Å². The van der Waals surface area contributed by atoms with E-state index >= 15 is 0 Å². The maximum atomic E-state index is 13.5. The van der Waals surface area contributed by atoms with Crippen molar-refractivity contribution < 1.29 is 49.0 Å². The maximum absolute atomic E-state index is 13.5. The molecule has 0 aromatic rings. The predicted molar refractivity (Wildman–Crippen MR) is 188 cm³/mol. The van der Waals surface area contributed by atoms with E-state index in [1.165, 1.54) is 0 Å². The average molecular weight is 689 g/mol. The van der Waals surface area contributed by atoms with Gasteiger partial charge in [0.25, 0.3) is 0 Å². The van der Waals surface area contributed by atoms with E-state index in [0.29, 0.717) is 18.1 Å². The van der Waals surface area contributed by atoms with Gasteiger partial charge in [-0.25, -0.2) is 14.4 Å². The smallest absolute Gasteiger partial charge is 0.334 e. The van der Waals surface area contributed by atoms with E-state index in [0.717, 1.165) is 17.2 Å². The van der Waals surface area contributed by atoms with Gasteiger partial charge in [0.2, 0.25) is 0 Å². The molecule has 12 atom stereocenters. The molecule has 0 bridgehead atoms. The number of carboxylic acids is 1. The van der Waals surface area contributed by atoms with E-state index in [-0.39, 0.29) is 36.0 Å². The first-order valence-electron chi connectivity index (χ1n) is 17.5. The van der Waals surface area contributed by atoms with Crippen molar-refractivity contribution in [3.63, 3.8) is 0 Å². The minimum Gasteiger partial charge on any atom is -0.478 e. The monoisotopic (exact) mass is 688 g/mol. The van der Waals surface area contributed by atoms with Crippen LogP contribution in [-0.4, -0.2) is 74.6 Å². The summed E-state index contributed by atoms with van der Waals surface area (Å²) >= 11 is 0. The highest BCUT2D eigenvalue weighted by atomic mass is 16.6. The fraction of sp³-hybridized carbons (Fsp3) is 0.667. The Bertz CT molecular complexity index is 1310. The van der Waals surface area contributed by atoms with Crippen LogP contribution in [0.1, 0.15) is 89.0 Å². The Morgan fingerprint density at radius 1 is 1.02 bits per heavy atom. The van der Waals surface area contributed by atoms with Crippen molar-refractivity contribution in [2.75, 3.05) is 0 Å². The number of ether oxygens (including phenoxy) is 3. The number of cyclic esters (lactones) is 1. The number of rotatable bonds is 8. The Hall–Kier alpha value is -3.05. The van der Waals surface area contributed by atoms with Gasteiger partial charge in [-0.1, -0.05) is 90.8 Å². The molecule has 1 fully saturated rings. The molecule has 0 radical (unpaired) electrons. The highest BCUT2D eigenvalue weighted by molar-refractivity contribution is 5.90. The number of carbonyl (C=O) groups is 3. The van der Waals surface area contributed by atoms with Crippen molar-refractivity contribution in [1.82, 2.24) is 0 Å². The van der Waals surface area contributed by atoms with Gasteiger partial charge in [0.05, 0.1) is 18.3 Å². The Kier molecular flexibility index (Phi) is 15.7. The van der Waals surface area contributed by atoms with Gasteiger partial charge < -0.3 is 34.6 Å². The quantitative estimate of drug-likeness (QED) is 0.178. The number of carbonyl (C=O) groups excluding carboxylic acids is 2. The van der Waals surface area contributed by atoms with Crippen LogP contribution in [0, 0.1) is 41.4 Å². The van der Waals surface area contributed by atoms with Crippen LogP contribution >= 0.6 is 0 Å². The van der Waals surface area contributed by atoms with Gasteiger partial charge in [-0.15, -0.1) is 0 Å². The van der Waals surface area contributed by atoms with Crippen molar-refractivity contribution in [3.05, 3.63) is 59.3 Å². The molecule has 0 aromatic heterocycles. The lowest BCUT2D eigenvalue weighted by Gasteiger charge is -2.50. The second-order valence-electron chi connectivity index (χ2n) is 14.9. The number of esters is 2. The SMILES string of the molecule is CC1=CC(C)C(O)C(C)CC(C)=CC=CC(C)C(C(C)C(O)C(C)C2(O)CC(OC(=O)C=CC(=O)O)C(C)C(C(C)C)O2)OC(=O)C(C)=C1. The number of aliphatic carboxylic acids is 1. The summed E-state index contributed by atoms with van der Waals surface area (Å²) in [6.45, 7) is 20.5. The second-order valence-corrected chi connectivity index (χ2v) is 14.9. The van der Waals surface area contributed by atoms with Gasteiger partial charge >= 0.3 is 17.9 Å². The number of carboxylic acid groups (broad SMARTS) is 1. The number of aliphatic hydroxyl groups excluding tert-OH is 2. The normalized spacial score (nSPS) is 34.3. The first-order valence-corrected chi connectivity index (χ1v) is 17.5. The summed E-state index contributed by atoms with van der Waals surface area (Å²) in [5.41, 5.74) is 2.27. The Labute approximate surface area is 292 Å².